The molecule has 0 atom stereocenters. The fraction of sp³-hybridized carbons (Fsp3) is 0.450. The topological polar surface area (TPSA) is 90.1 Å². The Morgan fingerprint density at radius 3 is 2.38 bits per heavy atom. The van der Waals surface area contributed by atoms with Gasteiger partial charge in [0.25, 0.3) is 11.8 Å². The van der Waals surface area contributed by atoms with Crippen molar-refractivity contribution in [1.29, 1.82) is 0 Å². The number of pyridine rings is 1. The molecular weight excluding hydrogens is 458 g/mol. The summed E-state index contributed by atoms with van der Waals surface area (Å²) in [5.74, 6) is 0.497. The number of aromatic amines is 1. The van der Waals surface area contributed by atoms with E-state index in [1.165, 1.54) is 0 Å². The third-order valence-electron chi connectivity index (χ3n) is 5.31. The molecule has 3 heterocycles. The maximum absolute atomic E-state index is 12.4. The van der Waals surface area contributed by atoms with E-state index >= 15 is 0 Å². The summed E-state index contributed by atoms with van der Waals surface area (Å²) < 4.78 is 0.894. The molecule has 7 nitrogen and oxygen atoms in total. The molecule has 1 aliphatic carbocycles. The standard InChI is InChI=1S/C20H23BrClN5O2/c1-11-15(21)10-16(23-11)20(29)25-14-4-6-27(7-5-14)18-9-12(8-17(22)26-18)19(28)24-13-2-3-13/h8-10,13-14,23H,2-7H2,1H3,(H,24,28)(H,25,29). The number of rotatable bonds is 5. The van der Waals surface area contributed by atoms with Crippen LogP contribution in [0.2, 0.25) is 5.15 Å². The molecule has 0 radical (unpaired) electrons. The number of hydrogen-bond donors (Lipinski definition) is 3. The van der Waals surface area contributed by atoms with E-state index < -0.39 is 0 Å². The molecule has 1 saturated carbocycles. The van der Waals surface area contributed by atoms with Crippen LogP contribution >= 0.6 is 27.5 Å². The molecule has 2 amide bonds. The molecule has 3 N–H and O–H groups in total. The molecule has 0 spiro atoms. The number of hydrogen-bond acceptors (Lipinski definition) is 4. The quantitative estimate of drug-likeness (QED) is 0.572. The fourth-order valence-electron chi connectivity index (χ4n) is 3.44. The number of anilines is 1. The van der Waals surface area contributed by atoms with Gasteiger partial charge in [-0.3, -0.25) is 9.59 Å². The van der Waals surface area contributed by atoms with Gasteiger partial charge < -0.3 is 20.5 Å². The van der Waals surface area contributed by atoms with Crippen LogP contribution < -0.4 is 15.5 Å². The van der Waals surface area contributed by atoms with Crippen molar-refractivity contribution in [2.75, 3.05) is 18.0 Å². The fourth-order valence-corrected chi connectivity index (χ4v) is 3.98. The van der Waals surface area contributed by atoms with Gasteiger partial charge in [0.15, 0.2) is 0 Å². The monoisotopic (exact) mass is 479 g/mol. The number of nitrogens with zero attached hydrogens (tertiary/aromatic N) is 2. The van der Waals surface area contributed by atoms with Gasteiger partial charge in [-0.05, 0) is 66.7 Å². The van der Waals surface area contributed by atoms with Crippen LogP contribution in [0.25, 0.3) is 0 Å². The van der Waals surface area contributed by atoms with Crippen molar-refractivity contribution >= 4 is 45.2 Å². The van der Waals surface area contributed by atoms with E-state index in [0.717, 1.165) is 48.9 Å². The Bertz CT molecular complexity index is 915. The largest absolute Gasteiger partial charge is 0.356 e. The van der Waals surface area contributed by atoms with E-state index in [0.29, 0.717) is 28.3 Å². The molecule has 0 bridgehead atoms. The van der Waals surface area contributed by atoms with Crippen LogP contribution in [0.15, 0.2) is 22.7 Å². The summed E-state index contributed by atoms with van der Waals surface area (Å²) in [6, 6.07) is 5.58. The van der Waals surface area contributed by atoms with Gasteiger partial charge >= 0.3 is 0 Å². The number of aryl methyl sites for hydroxylation is 1. The molecule has 29 heavy (non-hydrogen) atoms. The average molecular weight is 481 g/mol. The minimum absolute atomic E-state index is 0.0953. The van der Waals surface area contributed by atoms with Crippen LogP contribution in [0.1, 0.15) is 52.2 Å². The van der Waals surface area contributed by atoms with Crippen LogP contribution in [-0.2, 0) is 0 Å². The van der Waals surface area contributed by atoms with Gasteiger partial charge in [0.05, 0.1) is 0 Å². The van der Waals surface area contributed by atoms with Crippen LogP contribution in [0.4, 0.5) is 5.82 Å². The van der Waals surface area contributed by atoms with Gasteiger partial charge in [0.1, 0.15) is 16.7 Å². The number of halogens is 2. The molecule has 154 valence electrons. The Labute approximate surface area is 182 Å². The van der Waals surface area contributed by atoms with Gasteiger partial charge in [-0.15, -0.1) is 0 Å². The Morgan fingerprint density at radius 1 is 1.10 bits per heavy atom. The second kappa shape index (κ2) is 8.36. The number of H-pyrrole nitrogens is 1. The van der Waals surface area contributed by atoms with Crippen molar-refractivity contribution in [3.05, 3.63) is 44.8 Å². The van der Waals surface area contributed by atoms with Gasteiger partial charge in [-0.2, -0.15) is 0 Å². The maximum Gasteiger partial charge on any atom is 0.267 e. The summed E-state index contributed by atoms with van der Waals surface area (Å²) in [4.78, 5) is 34.4. The second-order valence-corrected chi connectivity index (χ2v) is 8.92. The number of amides is 2. The van der Waals surface area contributed by atoms with Gasteiger partial charge in [0, 0.05) is 40.9 Å². The summed E-state index contributed by atoms with van der Waals surface area (Å²) in [6.45, 7) is 3.38. The highest BCUT2D eigenvalue weighted by Crippen LogP contribution is 2.24. The van der Waals surface area contributed by atoms with Crippen LogP contribution in [0, 0.1) is 6.92 Å². The highest BCUT2D eigenvalue weighted by Gasteiger charge is 2.26. The number of nitrogens with one attached hydrogen (secondary N) is 3. The van der Waals surface area contributed by atoms with E-state index in [1.807, 2.05) is 6.92 Å². The van der Waals surface area contributed by atoms with E-state index in [4.69, 9.17) is 11.6 Å². The number of piperidine rings is 1. The SMILES string of the molecule is Cc1[nH]c(C(=O)NC2CCN(c3cc(C(=O)NC4CC4)cc(Cl)n3)CC2)cc1Br. The molecular formula is C20H23BrClN5O2. The number of carbonyl (C=O) groups is 2. The zero-order valence-corrected chi connectivity index (χ0v) is 18.4. The van der Waals surface area contributed by atoms with Crippen molar-refractivity contribution in [3.8, 4) is 0 Å². The van der Waals surface area contributed by atoms with Crippen molar-refractivity contribution in [3.63, 3.8) is 0 Å². The van der Waals surface area contributed by atoms with Crippen molar-refractivity contribution in [2.24, 2.45) is 0 Å². The Morgan fingerprint density at radius 2 is 1.76 bits per heavy atom. The van der Waals surface area contributed by atoms with Crippen molar-refractivity contribution < 1.29 is 9.59 Å². The molecule has 1 aliphatic heterocycles. The third-order valence-corrected chi connectivity index (χ3v) is 6.32. The summed E-state index contributed by atoms with van der Waals surface area (Å²) >= 11 is 9.58. The molecule has 2 aliphatic rings. The number of aromatic nitrogens is 2. The number of carbonyl (C=O) groups excluding carboxylic acids is 2. The summed E-state index contributed by atoms with van der Waals surface area (Å²) in [5, 5.41) is 6.38. The van der Waals surface area contributed by atoms with Crippen LogP contribution in [0.3, 0.4) is 0 Å². The molecule has 2 aromatic heterocycles. The maximum atomic E-state index is 12.4. The van der Waals surface area contributed by atoms with Crippen molar-refractivity contribution in [2.45, 2.75) is 44.7 Å². The van der Waals surface area contributed by atoms with E-state index in [-0.39, 0.29) is 17.9 Å². The zero-order valence-electron chi connectivity index (χ0n) is 16.1. The molecule has 4 rings (SSSR count). The molecule has 0 unspecified atom stereocenters. The van der Waals surface area contributed by atoms with Gasteiger partial charge in [-0.25, -0.2) is 4.98 Å². The molecule has 1 saturated heterocycles. The Hall–Kier alpha value is -2.06. The van der Waals surface area contributed by atoms with Gasteiger partial charge in [-0.1, -0.05) is 11.6 Å². The first-order chi connectivity index (χ1) is 13.9. The summed E-state index contributed by atoms with van der Waals surface area (Å²) in [5.41, 5.74) is 2.02. The first kappa shape index (κ1) is 20.2. The zero-order chi connectivity index (χ0) is 20.5. The summed E-state index contributed by atoms with van der Waals surface area (Å²) in [7, 11) is 0. The van der Waals surface area contributed by atoms with Crippen LogP contribution in [0.5, 0.6) is 0 Å². The van der Waals surface area contributed by atoms with Gasteiger partial charge in [0.2, 0.25) is 0 Å². The molecule has 2 aromatic rings. The smallest absolute Gasteiger partial charge is 0.267 e. The predicted octanol–water partition coefficient (Wildman–Crippen LogP) is 3.43. The normalized spacial score (nSPS) is 17.3. The van der Waals surface area contributed by atoms with Crippen LogP contribution in [-0.4, -0.2) is 47.0 Å². The first-order valence-corrected chi connectivity index (χ1v) is 11.0. The minimum atomic E-state index is -0.104. The first-order valence-electron chi connectivity index (χ1n) is 9.78. The minimum Gasteiger partial charge on any atom is -0.356 e. The van der Waals surface area contributed by atoms with E-state index in [2.05, 4.69) is 41.4 Å². The lowest BCUT2D eigenvalue weighted by atomic mass is 10.0. The summed E-state index contributed by atoms with van der Waals surface area (Å²) in [6.07, 6.45) is 3.67. The lowest BCUT2D eigenvalue weighted by Crippen LogP contribution is -2.45. The lowest BCUT2D eigenvalue weighted by Gasteiger charge is -2.33. The molecule has 0 aromatic carbocycles. The lowest BCUT2D eigenvalue weighted by molar-refractivity contribution is 0.0923. The highest BCUT2D eigenvalue weighted by atomic mass is 79.9. The predicted molar refractivity (Wildman–Crippen MR) is 116 cm³/mol. The van der Waals surface area contributed by atoms with Crippen molar-refractivity contribution in [1.82, 2.24) is 20.6 Å². The Balaban J connectivity index is 1.36. The van der Waals surface area contributed by atoms with E-state index in [9.17, 15) is 9.59 Å². The highest BCUT2D eigenvalue weighted by molar-refractivity contribution is 9.10. The second-order valence-electron chi connectivity index (χ2n) is 7.68. The molecule has 2 fully saturated rings. The average Bonchev–Trinajstić information content (AvgIpc) is 3.44. The van der Waals surface area contributed by atoms with E-state index in [1.54, 1.807) is 18.2 Å². The Kier molecular flexibility index (Phi) is 5.83. The third kappa shape index (κ3) is 4.93. The molecule has 9 heteroatoms.